The van der Waals surface area contributed by atoms with E-state index >= 15 is 0 Å². The molecule has 0 aliphatic heterocycles. The van der Waals surface area contributed by atoms with Crippen LogP contribution in [0.2, 0.25) is 0 Å². The van der Waals surface area contributed by atoms with Crippen LogP contribution in [-0.4, -0.2) is 18.6 Å². The van der Waals surface area contributed by atoms with Crippen molar-refractivity contribution in [2.75, 3.05) is 19.0 Å². The van der Waals surface area contributed by atoms with Crippen molar-refractivity contribution in [2.45, 2.75) is 6.92 Å². The predicted molar refractivity (Wildman–Crippen MR) is 70.2 cm³/mol. The molecule has 0 unspecified atom stereocenters. The summed E-state index contributed by atoms with van der Waals surface area (Å²) in [6.45, 7) is 2.91. The van der Waals surface area contributed by atoms with Crippen molar-refractivity contribution >= 4 is 32.7 Å². The van der Waals surface area contributed by atoms with E-state index in [9.17, 15) is 0 Å². The summed E-state index contributed by atoms with van der Waals surface area (Å²) in [5.74, 6) is 1.72. The fourth-order valence-corrected chi connectivity index (χ4v) is 2.05. The van der Waals surface area contributed by atoms with Gasteiger partial charge >= 0.3 is 0 Å². The lowest BCUT2D eigenvalue weighted by molar-refractivity contribution is 0.419. The summed E-state index contributed by atoms with van der Waals surface area (Å²) in [6.07, 6.45) is 0. The zero-order chi connectivity index (χ0) is 11.5. The Bertz CT molecular complexity index is 514. The van der Waals surface area contributed by atoms with Crippen LogP contribution in [0.15, 0.2) is 28.7 Å². The number of aromatic nitrogens is 1. The molecule has 2 aromatic rings. The van der Waals surface area contributed by atoms with Crippen LogP contribution >= 0.6 is 15.9 Å². The average Bonchev–Trinajstić information content (AvgIpc) is 2.31. The van der Waals surface area contributed by atoms with Crippen LogP contribution < -0.4 is 10.1 Å². The Kier molecular flexibility index (Phi) is 3.29. The van der Waals surface area contributed by atoms with Crippen molar-refractivity contribution in [2.24, 2.45) is 0 Å². The molecular formula is C12H13BrN2O. The zero-order valence-electron chi connectivity index (χ0n) is 9.25. The number of fused-ring (bicyclic) bond motifs is 1. The second-order valence-electron chi connectivity index (χ2n) is 3.37. The minimum atomic E-state index is 0.841. The summed E-state index contributed by atoms with van der Waals surface area (Å²) in [7, 11) is 1.67. The first-order valence-corrected chi connectivity index (χ1v) is 5.92. The molecule has 0 saturated carbocycles. The quantitative estimate of drug-likeness (QED) is 0.935. The van der Waals surface area contributed by atoms with Crippen molar-refractivity contribution in [3.8, 4) is 5.75 Å². The maximum absolute atomic E-state index is 5.30. The molecule has 0 aliphatic carbocycles. The van der Waals surface area contributed by atoms with Gasteiger partial charge in [0.1, 0.15) is 11.6 Å². The molecule has 1 N–H and O–H groups in total. The number of hydrogen-bond acceptors (Lipinski definition) is 3. The number of nitrogens with one attached hydrogen (secondary N) is 1. The van der Waals surface area contributed by atoms with Crippen molar-refractivity contribution < 1.29 is 4.74 Å². The molecule has 0 radical (unpaired) electrons. The van der Waals surface area contributed by atoms with Gasteiger partial charge < -0.3 is 10.1 Å². The Labute approximate surface area is 103 Å². The van der Waals surface area contributed by atoms with E-state index in [4.69, 9.17) is 4.74 Å². The number of halogens is 1. The normalized spacial score (nSPS) is 10.4. The Balaban J connectivity index is 2.63. The first-order valence-electron chi connectivity index (χ1n) is 5.13. The van der Waals surface area contributed by atoms with Gasteiger partial charge in [-0.15, -0.1) is 0 Å². The Morgan fingerprint density at radius 1 is 1.31 bits per heavy atom. The Morgan fingerprint density at radius 2 is 2.12 bits per heavy atom. The van der Waals surface area contributed by atoms with Crippen LogP contribution in [0.1, 0.15) is 6.92 Å². The molecule has 3 nitrogen and oxygen atoms in total. The smallest absolute Gasteiger partial charge is 0.128 e. The molecule has 0 bridgehead atoms. The second-order valence-corrected chi connectivity index (χ2v) is 4.23. The number of nitrogens with zero attached hydrogens (tertiary/aromatic N) is 1. The SMILES string of the molecule is CCNc1ccc2c(OC)ccc(Br)c2n1. The molecule has 0 spiro atoms. The molecule has 0 atom stereocenters. The molecule has 1 heterocycles. The summed E-state index contributed by atoms with van der Waals surface area (Å²) in [6, 6.07) is 7.86. The second kappa shape index (κ2) is 4.70. The van der Waals surface area contributed by atoms with Gasteiger partial charge in [0, 0.05) is 16.4 Å². The first kappa shape index (κ1) is 11.2. The molecule has 1 aromatic carbocycles. The standard InChI is InChI=1S/C12H13BrN2O/c1-3-14-11-7-4-8-10(16-2)6-5-9(13)12(8)15-11/h4-7H,3H2,1-2H3,(H,14,15). The molecule has 84 valence electrons. The van der Waals surface area contributed by atoms with E-state index in [0.717, 1.165) is 33.5 Å². The summed E-state index contributed by atoms with van der Waals surface area (Å²) < 4.78 is 6.28. The number of ether oxygens (including phenoxy) is 1. The van der Waals surface area contributed by atoms with Crippen LogP contribution in [0.3, 0.4) is 0 Å². The van der Waals surface area contributed by atoms with E-state index in [1.54, 1.807) is 7.11 Å². The van der Waals surface area contributed by atoms with Crippen LogP contribution in [0, 0.1) is 0 Å². The molecule has 0 amide bonds. The third-order valence-corrected chi connectivity index (χ3v) is 2.99. The van der Waals surface area contributed by atoms with Gasteiger partial charge in [0.15, 0.2) is 0 Å². The van der Waals surface area contributed by atoms with Gasteiger partial charge in [0.25, 0.3) is 0 Å². The Hall–Kier alpha value is -1.29. The van der Waals surface area contributed by atoms with Gasteiger partial charge in [0.05, 0.1) is 12.6 Å². The lowest BCUT2D eigenvalue weighted by Crippen LogP contribution is -1.99. The summed E-state index contributed by atoms with van der Waals surface area (Å²) in [5.41, 5.74) is 0.915. The third-order valence-electron chi connectivity index (χ3n) is 2.35. The monoisotopic (exact) mass is 280 g/mol. The van der Waals surface area contributed by atoms with Gasteiger partial charge in [0.2, 0.25) is 0 Å². The number of anilines is 1. The van der Waals surface area contributed by atoms with Crippen molar-refractivity contribution in [1.82, 2.24) is 4.98 Å². The zero-order valence-corrected chi connectivity index (χ0v) is 10.8. The van der Waals surface area contributed by atoms with E-state index in [1.807, 2.05) is 31.2 Å². The van der Waals surface area contributed by atoms with Gasteiger partial charge in [-0.2, -0.15) is 0 Å². The van der Waals surface area contributed by atoms with Crippen molar-refractivity contribution in [3.05, 3.63) is 28.7 Å². The van der Waals surface area contributed by atoms with Gasteiger partial charge in [-0.05, 0) is 47.1 Å². The predicted octanol–water partition coefficient (Wildman–Crippen LogP) is 3.44. The molecule has 0 aliphatic rings. The van der Waals surface area contributed by atoms with E-state index in [0.29, 0.717) is 0 Å². The highest BCUT2D eigenvalue weighted by molar-refractivity contribution is 9.10. The highest BCUT2D eigenvalue weighted by Crippen LogP contribution is 2.31. The van der Waals surface area contributed by atoms with Gasteiger partial charge in [-0.1, -0.05) is 0 Å². The van der Waals surface area contributed by atoms with Crippen LogP contribution in [0.4, 0.5) is 5.82 Å². The molecule has 1 aromatic heterocycles. The number of hydrogen-bond donors (Lipinski definition) is 1. The number of pyridine rings is 1. The first-order chi connectivity index (χ1) is 7.76. The maximum Gasteiger partial charge on any atom is 0.128 e. The van der Waals surface area contributed by atoms with Gasteiger partial charge in [-0.3, -0.25) is 0 Å². The topological polar surface area (TPSA) is 34.1 Å². The van der Waals surface area contributed by atoms with E-state index in [2.05, 4.69) is 26.2 Å². The highest BCUT2D eigenvalue weighted by atomic mass is 79.9. The Morgan fingerprint density at radius 3 is 2.81 bits per heavy atom. The lowest BCUT2D eigenvalue weighted by atomic mass is 10.2. The maximum atomic E-state index is 5.30. The minimum absolute atomic E-state index is 0.841. The van der Waals surface area contributed by atoms with Crippen LogP contribution in [-0.2, 0) is 0 Å². The molecule has 4 heteroatoms. The summed E-state index contributed by atoms with van der Waals surface area (Å²) >= 11 is 3.50. The van der Waals surface area contributed by atoms with E-state index in [-0.39, 0.29) is 0 Å². The van der Waals surface area contributed by atoms with E-state index < -0.39 is 0 Å². The third kappa shape index (κ3) is 1.97. The summed E-state index contributed by atoms with van der Waals surface area (Å²) in [4.78, 5) is 4.54. The lowest BCUT2D eigenvalue weighted by Gasteiger charge is -2.08. The molecule has 16 heavy (non-hydrogen) atoms. The largest absolute Gasteiger partial charge is 0.496 e. The number of methoxy groups -OCH3 is 1. The van der Waals surface area contributed by atoms with Crippen LogP contribution in [0.5, 0.6) is 5.75 Å². The summed E-state index contributed by atoms with van der Waals surface area (Å²) in [5, 5.41) is 4.20. The molecule has 0 saturated heterocycles. The van der Waals surface area contributed by atoms with Crippen LogP contribution in [0.25, 0.3) is 10.9 Å². The fraction of sp³-hybridized carbons (Fsp3) is 0.250. The van der Waals surface area contributed by atoms with Gasteiger partial charge in [-0.25, -0.2) is 4.98 Å². The molecule has 0 fully saturated rings. The number of benzene rings is 1. The minimum Gasteiger partial charge on any atom is -0.496 e. The average molecular weight is 281 g/mol. The van der Waals surface area contributed by atoms with E-state index in [1.165, 1.54) is 0 Å². The van der Waals surface area contributed by atoms with Crippen molar-refractivity contribution in [3.63, 3.8) is 0 Å². The molecule has 2 rings (SSSR count). The fourth-order valence-electron chi connectivity index (χ4n) is 1.62. The molecular weight excluding hydrogens is 268 g/mol. The number of rotatable bonds is 3. The highest BCUT2D eigenvalue weighted by Gasteiger charge is 2.06. The van der Waals surface area contributed by atoms with Crippen molar-refractivity contribution in [1.29, 1.82) is 0 Å².